The van der Waals surface area contributed by atoms with E-state index in [-0.39, 0.29) is 18.3 Å². The number of carbonyl (C=O) groups excluding carboxylic acids is 1. The van der Waals surface area contributed by atoms with Crippen LogP contribution < -0.4 is 10.1 Å². The van der Waals surface area contributed by atoms with Gasteiger partial charge >= 0.3 is 0 Å². The van der Waals surface area contributed by atoms with Gasteiger partial charge in [0.05, 0.1) is 24.1 Å². The molecule has 0 spiro atoms. The van der Waals surface area contributed by atoms with Crippen molar-refractivity contribution in [1.29, 1.82) is 0 Å². The predicted octanol–water partition coefficient (Wildman–Crippen LogP) is 5.76. The second-order valence-corrected chi connectivity index (χ2v) is 9.26. The Bertz CT molecular complexity index is 1660. The predicted molar refractivity (Wildman–Crippen MR) is 137 cm³/mol. The number of rotatable bonds is 7. The van der Waals surface area contributed by atoms with E-state index in [4.69, 9.17) is 4.74 Å². The molecule has 0 bridgehead atoms. The summed E-state index contributed by atoms with van der Waals surface area (Å²) in [6, 6.07) is 19.9. The fourth-order valence-corrected chi connectivity index (χ4v) is 5.21. The molecule has 0 aliphatic rings. The molecule has 2 aromatic carbocycles. The lowest BCUT2D eigenvalue weighted by Crippen LogP contribution is -2.13. The third-order valence-corrected chi connectivity index (χ3v) is 6.92. The van der Waals surface area contributed by atoms with Crippen LogP contribution in [0.3, 0.4) is 0 Å². The van der Waals surface area contributed by atoms with Crippen LogP contribution in [0.4, 0.5) is 10.1 Å². The van der Waals surface area contributed by atoms with Crippen LogP contribution >= 0.6 is 11.3 Å². The number of carbonyl (C=O) groups is 1. The first-order valence-electron chi connectivity index (χ1n) is 11.3. The number of fused-ring (bicyclic) bond motifs is 2. The molecule has 0 fully saturated rings. The zero-order chi connectivity index (χ0) is 24.5. The van der Waals surface area contributed by atoms with Gasteiger partial charge in [0.2, 0.25) is 0 Å². The number of hydrogen-bond donors (Lipinski definition) is 1. The van der Waals surface area contributed by atoms with Crippen molar-refractivity contribution in [3.8, 4) is 5.75 Å². The van der Waals surface area contributed by atoms with Crippen LogP contribution in [0, 0.1) is 5.82 Å². The van der Waals surface area contributed by atoms with Crippen LogP contribution in [0.25, 0.3) is 15.7 Å². The van der Waals surface area contributed by atoms with Gasteiger partial charge in [-0.2, -0.15) is 5.10 Å². The van der Waals surface area contributed by atoms with Crippen molar-refractivity contribution in [1.82, 2.24) is 19.2 Å². The number of amides is 1. The molecular weight excluding hydrogens is 477 g/mol. The second kappa shape index (κ2) is 9.27. The van der Waals surface area contributed by atoms with Crippen molar-refractivity contribution in [2.75, 3.05) is 5.32 Å². The highest BCUT2D eigenvalue weighted by atomic mass is 32.1. The van der Waals surface area contributed by atoms with E-state index < -0.39 is 0 Å². The number of hydrogen-bond acceptors (Lipinski definition) is 5. The van der Waals surface area contributed by atoms with Crippen molar-refractivity contribution >= 4 is 38.7 Å². The standard InChI is InChI=1S/C27H20FN5O2S/c28-22-9-6-10-23-25(22)21(17-35-20-7-2-1-3-8-20)26(36-23)27(34)31-18-13-29-33(15-18)16-19-14-32-12-5-4-11-24(32)30-19/h1-15H,16-17H2,(H,31,34). The molecule has 1 amide bonds. The average molecular weight is 498 g/mol. The number of aromatic nitrogens is 4. The number of anilines is 1. The van der Waals surface area contributed by atoms with E-state index in [0.717, 1.165) is 11.3 Å². The van der Waals surface area contributed by atoms with E-state index in [1.165, 1.54) is 17.4 Å². The molecule has 0 aliphatic carbocycles. The first kappa shape index (κ1) is 22.0. The van der Waals surface area contributed by atoms with Crippen LogP contribution in [-0.4, -0.2) is 25.1 Å². The quantitative estimate of drug-likeness (QED) is 0.304. The SMILES string of the molecule is O=C(Nc1cnn(Cc2cn3ccccc3n2)c1)c1sc2cccc(F)c2c1COc1ccccc1. The molecule has 9 heteroatoms. The number of para-hydroxylation sites is 1. The maximum Gasteiger partial charge on any atom is 0.266 e. The molecule has 6 rings (SSSR count). The molecule has 0 saturated carbocycles. The number of pyridine rings is 1. The highest BCUT2D eigenvalue weighted by Gasteiger charge is 2.22. The zero-order valence-corrected chi connectivity index (χ0v) is 19.8. The smallest absolute Gasteiger partial charge is 0.266 e. The maximum atomic E-state index is 14.8. The summed E-state index contributed by atoms with van der Waals surface area (Å²) in [5, 5.41) is 7.66. The molecule has 4 aromatic heterocycles. The highest BCUT2D eigenvalue weighted by Crippen LogP contribution is 2.34. The molecule has 1 N–H and O–H groups in total. The molecule has 4 heterocycles. The molecule has 0 unspecified atom stereocenters. The minimum atomic E-state index is -0.380. The summed E-state index contributed by atoms with van der Waals surface area (Å²) < 4.78 is 25.0. The van der Waals surface area contributed by atoms with Crippen LogP contribution in [0.15, 0.2) is 91.5 Å². The lowest BCUT2D eigenvalue weighted by Gasteiger charge is -2.08. The summed E-state index contributed by atoms with van der Waals surface area (Å²) in [6.07, 6.45) is 7.21. The van der Waals surface area contributed by atoms with Crippen molar-refractivity contribution in [3.63, 3.8) is 0 Å². The van der Waals surface area contributed by atoms with E-state index in [9.17, 15) is 9.18 Å². The largest absolute Gasteiger partial charge is 0.489 e. The van der Waals surface area contributed by atoms with E-state index in [1.54, 1.807) is 29.2 Å². The zero-order valence-electron chi connectivity index (χ0n) is 19.0. The molecule has 7 nitrogen and oxygen atoms in total. The number of nitrogens with zero attached hydrogens (tertiary/aromatic N) is 4. The van der Waals surface area contributed by atoms with E-state index in [2.05, 4.69) is 15.4 Å². The summed E-state index contributed by atoms with van der Waals surface area (Å²) in [5.41, 5.74) is 2.76. The summed E-state index contributed by atoms with van der Waals surface area (Å²) in [7, 11) is 0. The Balaban J connectivity index is 1.23. The molecule has 0 radical (unpaired) electrons. The van der Waals surface area contributed by atoms with Crippen LogP contribution in [-0.2, 0) is 13.2 Å². The Labute approximate surface area is 209 Å². The normalized spacial score (nSPS) is 11.2. The minimum absolute atomic E-state index is 0.0703. The topological polar surface area (TPSA) is 73.5 Å². The average Bonchev–Trinajstić information content (AvgIpc) is 3.60. The van der Waals surface area contributed by atoms with Crippen molar-refractivity contribution in [2.45, 2.75) is 13.2 Å². The number of halogens is 1. The number of imidazole rings is 1. The van der Waals surface area contributed by atoms with E-state index in [0.29, 0.717) is 38.5 Å². The second-order valence-electron chi connectivity index (χ2n) is 8.20. The minimum Gasteiger partial charge on any atom is -0.489 e. The number of ether oxygens (including phenoxy) is 1. The molecule has 0 atom stereocenters. The molecule has 178 valence electrons. The van der Waals surface area contributed by atoms with Crippen LogP contribution in [0.2, 0.25) is 0 Å². The Hall–Kier alpha value is -4.50. The van der Waals surface area contributed by atoms with Gasteiger partial charge in [-0.25, -0.2) is 9.37 Å². The van der Waals surface area contributed by atoms with Gasteiger partial charge in [-0.1, -0.05) is 30.3 Å². The third-order valence-electron chi connectivity index (χ3n) is 5.72. The number of nitrogens with one attached hydrogen (secondary N) is 1. The van der Waals surface area contributed by atoms with Gasteiger partial charge in [0.15, 0.2) is 0 Å². The first-order chi connectivity index (χ1) is 17.6. The lowest BCUT2D eigenvalue weighted by atomic mass is 10.1. The van der Waals surface area contributed by atoms with Gasteiger partial charge in [-0.05, 0) is 36.4 Å². The van der Waals surface area contributed by atoms with Crippen molar-refractivity contribution in [2.24, 2.45) is 0 Å². The van der Waals surface area contributed by atoms with Gasteiger partial charge in [-0.15, -0.1) is 11.3 Å². The van der Waals surface area contributed by atoms with E-state index in [1.807, 2.05) is 65.3 Å². The van der Waals surface area contributed by atoms with Crippen LogP contribution in [0.5, 0.6) is 5.75 Å². The number of benzene rings is 2. The van der Waals surface area contributed by atoms with Gasteiger partial charge in [0.1, 0.15) is 28.7 Å². The van der Waals surface area contributed by atoms with Gasteiger partial charge < -0.3 is 14.5 Å². The fourth-order valence-electron chi connectivity index (χ4n) is 4.09. The molecule has 36 heavy (non-hydrogen) atoms. The van der Waals surface area contributed by atoms with Gasteiger partial charge in [-0.3, -0.25) is 9.48 Å². The van der Waals surface area contributed by atoms with Gasteiger partial charge in [0.25, 0.3) is 5.91 Å². The summed E-state index contributed by atoms with van der Waals surface area (Å²) in [6.45, 7) is 0.530. The summed E-state index contributed by atoms with van der Waals surface area (Å²) in [4.78, 5) is 18.3. The first-order valence-corrected chi connectivity index (χ1v) is 12.1. The summed E-state index contributed by atoms with van der Waals surface area (Å²) >= 11 is 1.24. The Morgan fingerprint density at radius 2 is 1.89 bits per heavy atom. The molecule has 0 saturated heterocycles. The van der Waals surface area contributed by atoms with E-state index >= 15 is 0 Å². The summed E-state index contributed by atoms with van der Waals surface area (Å²) in [5.74, 6) is -0.0722. The maximum absolute atomic E-state index is 14.8. The van der Waals surface area contributed by atoms with Crippen molar-refractivity contribution in [3.05, 3.63) is 113 Å². The lowest BCUT2D eigenvalue weighted by molar-refractivity contribution is 0.102. The molecule has 0 aliphatic heterocycles. The highest BCUT2D eigenvalue weighted by molar-refractivity contribution is 7.21. The third kappa shape index (κ3) is 4.32. The number of thiophene rings is 1. The Morgan fingerprint density at radius 3 is 2.75 bits per heavy atom. The fraction of sp³-hybridized carbons (Fsp3) is 0.0741. The Morgan fingerprint density at radius 1 is 1.03 bits per heavy atom. The van der Waals surface area contributed by atoms with Crippen molar-refractivity contribution < 1.29 is 13.9 Å². The molecule has 6 aromatic rings. The Kier molecular flexibility index (Phi) is 5.67. The van der Waals surface area contributed by atoms with Crippen LogP contribution in [0.1, 0.15) is 20.9 Å². The monoisotopic (exact) mass is 497 g/mol. The van der Waals surface area contributed by atoms with Gasteiger partial charge in [0, 0.05) is 34.2 Å². The molecular formula is C27H20FN5O2S.